The number of nitrogens with zero attached hydrogens (tertiary/aromatic N) is 1. The van der Waals surface area contributed by atoms with Gasteiger partial charge in [-0.25, -0.2) is 0 Å². The average molecular weight is 298 g/mol. The van der Waals surface area contributed by atoms with Gasteiger partial charge in [0.05, 0.1) is 11.3 Å². The molecule has 0 saturated carbocycles. The van der Waals surface area contributed by atoms with Gasteiger partial charge in [0.15, 0.2) is 0 Å². The standard InChI is InChI=1S/C11H8BrNO2S/c12-8-3-1-2-7-9(16-6-10(14)15)4-5-13-11(7)8/h1-5H,6H2,(H,14,15). The summed E-state index contributed by atoms with van der Waals surface area (Å²) in [5, 5.41) is 9.63. The predicted molar refractivity (Wildman–Crippen MR) is 67.8 cm³/mol. The van der Waals surface area contributed by atoms with Crippen LogP contribution in [-0.4, -0.2) is 21.8 Å². The molecular formula is C11H8BrNO2S. The Morgan fingerprint density at radius 2 is 2.25 bits per heavy atom. The first-order valence-corrected chi connectivity index (χ1v) is 6.34. The van der Waals surface area contributed by atoms with Crippen molar-refractivity contribution in [1.29, 1.82) is 0 Å². The van der Waals surface area contributed by atoms with Crippen LogP contribution in [0.5, 0.6) is 0 Å². The van der Waals surface area contributed by atoms with Crippen LogP contribution in [0.1, 0.15) is 0 Å². The minimum atomic E-state index is -0.815. The summed E-state index contributed by atoms with van der Waals surface area (Å²) < 4.78 is 0.919. The molecule has 1 N–H and O–H groups in total. The highest BCUT2D eigenvalue weighted by Crippen LogP contribution is 2.30. The zero-order valence-electron chi connectivity index (χ0n) is 8.18. The number of aliphatic carboxylic acids is 1. The third-order valence-corrected chi connectivity index (χ3v) is 3.73. The molecule has 0 spiro atoms. The number of fused-ring (bicyclic) bond motifs is 1. The molecule has 0 saturated heterocycles. The third-order valence-electron chi connectivity index (χ3n) is 2.03. The maximum atomic E-state index is 10.5. The highest BCUT2D eigenvalue weighted by molar-refractivity contribution is 9.10. The van der Waals surface area contributed by atoms with Crippen LogP contribution in [-0.2, 0) is 4.79 Å². The molecule has 2 aromatic rings. The lowest BCUT2D eigenvalue weighted by molar-refractivity contribution is -0.133. The molecule has 0 atom stereocenters. The second kappa shape index (κ2) is 4.84. The van der Waals surface area contributed by atoms with E-state index in [-0.39, 0.29) is 5.75 Å². The molecule has 0 aliphatic heterocycles. The number of carboxylic acids is 1. The van der Waals surface area contributed by atoms with Crippen LogP contribution in [0.3, 0.4) is 0 Å². The van der Waals surface area contributed by atoms with Gasteiger partial charge in [-0.05, 0) is 28.1 Å². The molecule has 2 rings (SSSR count). The molecule has 1 aromatic heterocycles. The minimum absolute atomic E-state index is 0.0611. The lowest BCUT2D eigenvalue weighted by Gasteiger charge is -2.05. The summed E-state index contributed by atoms with van der Waals surface area (Å²) in [4.78, 5) is 15.7. The van der Waals surface area contributed by atoms with Crippen LogP contribution in [0.2, 0.25) is 0 Å². The summed E-state index contributed by atoms with van der Waals surface area (Å²) in [6, 6.07) is 7.61. The molecule has 0 aliphatic rings. The Bertz CT molecular complexity index is 544. The van der Waals surface area contributed by atoms with Crippen LogP contribution >= 0.6 is 27.7 Å². The van der Waals surface area contributed by atoms with Crippen LogP contribution in [0.15, 0.2) is 39.8 Å². The topological polar surface area (TPSA) is 50.2 Å². The van der Waals surface area contributed by atoms with Crippen LogP contribution in [0.4, 0.5) is 0 Å². The van der Waals surface area contributed by atoms with E-state index in [1.165, 1.54) is 11.8 Å². The van der Waals surface area contributed by atoms with Gasteiger partial charge in [0.1, 0.15) is 0 Å². The van der Waals surface area contributed by atoms with Crippen molar-refractivity contribution in [2.75, 3.05) is 5.75 Å². The monoisotopic (exact) mass is 297 g/mol. The van der Waals surface area contributed by atoms with Crippen molar-refractivity contribution >= 4 is 44.6 Å². The number of aromatic nitrogens is 1. The largest absolute Gasteiger partial charge is 0.481 e. The first-order chi connectivity index (χ1) is 7.68. The van der Waals surface area contributed by atoms with Crippen molar-refractivity contribution in [2.45, 2.75) is 4.90 Å². The Morgan fingerprint density at radius 3 is 3.00 bits per heavy atom. The molecule has 0 unspecified atom stereocenters. The fraction of sp³-hybridized carbons (Fsp3) is 0.0909. The zero-order chi connectivity index (χ0) is 11.5. The van der Waals surface area contributed by atoms with E-state index < -0.39 is 5.97 Å². The van der Waals surface area contributed by atoms with Gasteiger partial charge in [0.25, 0.3) is 0 Å². The van der Waals surface area contributed by atoms with E-state index in [2.05, 4.69) is 20.9 Å². The molecule has 0 bridgehead atoms. The number of carboxylic acid groups (broad SMARTS) is 1. The van der Waals surface area contributed by atoms with Crippen LogP contribution in [0, 0.1) is 0 Å². The van der Waals surface area contributed by atoms with E-state index in [1.807, 2.05) is 24.3 Å². The maximum Gasteiger partial charge on any atom is 0.313 e. The van der Waals surface area contributed by atoms with Crippen molar-refractivity contribution in [3.63, 3.8) is 0 Å². The van der Waals surface area contributed by atoms with E-state index in [1.54, 1.807) is 6.20 Å². The van der Waals surface area contributed by atoms with E-state index >= 15 is 0 Å². The van der Waals surface area contributed by atoms with Crippen molar-refractivity contribution in [2.24, 2.45) is 0 Å². The number of carbonyl (C=O) groups is 1. The van der Waals surface area contributed by atoms with Gasteiger partial charge < -0.3 is 5.11 Å². The molecule has 1 heterocycles. The SMILES string of the molecule is O=C(O)CSc1ccnc2c(Br)cccc12. The quantitative estimate of drug-likeness (QED) is 0.884. The highest BCUT2D eigenvalue weighted by Gasteiger charge is 2.06. The number of para-hydroxylation sites is 1. The Labute approximate surface area is 105 Å². The van der Waals surface area contributed by atoms with Crippen molar-refractivity contribution < 1.29 is 9.90 Å². The molecular weight excluding hydrogens is 290 g/mol. The zero-order valence-corrected chi connectivity index (χ0v) is 10.6. The van der Waals surface area contributed by atoms with Crippen LogP contribution in [0.25, 0.3) is 10.9 Å². The highest BCUT2D eigenvalue weighted by atomic mass is 79.9. The van der Waals surface area contributed by atoms with E-state index in [0.717, 1.165) is 20.3 Å². The first-order valence-electron chi connectivity index (χ1n) is 4.56. The fourth-order valence-corrected chi connectivity index (χ4v) is 2.60. The van der Waals surface area contributed by atoms with Crippen molar-refractivity contribution in [3.8, 4) is 0 Å². The summed E-state index contributed by atoms with van der Waals surface area (Å²) in [5.74, 6) is -0.754. The Kier molecular flexibility index (Phi) is 3.46. The molecule has 0 fully saturated rings. The Hall–Kier alpha value is -1.07. The minimum Gasteiger partial charge on any atom is -0.481 e. The molecule has 0 aliphatic carbocycles. The van der Waals surface area contributed by atoms with Gasteiger partial charge in [-0.3, -0.25) is 9.78 Å². The number of hydrogen-bond donors (Lipinski definition) is 1. The maximum absolute atomic E-state index is 10.5. The third kappa shape index (κ3) is 2.36. The summed E-state index contributed by atoms with van der Waals surface area (Å²) in [6.45, 7) is 0. The van der Waals surface area contributed by atoms with Gasteiger partial charge in [0, 0.05) is 21.0 Å². The summed E-state index contributed by atoms with van der Waals surface area (Å²) in [7, 11) is 0. The second-order valence-corrected chi connectivity index (χ2v) is 5.00. The summed E-state index contributed by atoms with van der Waals surface area (Å²) in [6.07, 6.45) is 1.69. The summed E-state index contributed by atoms with van der Waals surface area (Å²) in [5.41, 5.74) is 0.859. The molecule has 3 nitrogen and oxygen atoms in total. The first kappa shape index (κ1) is 11.4. The smallest absolute Gasteiger partial charge is 0.313 e. The lowest BCUT2D eigenvalue weighted by Crippen LogP contribution is -1.97. The number of hydrogen-bond acceptors (Lipinski definition) is 3. The number of thioether (sulfide) groups is 1. The van der Waals surface area contributed by atoms with E-state index in [4.69, 9.17) is 5.11 Å². The molecule has 16 heavy (non-hydrogen) atoms. The van der Waals surface area contributed by atoms with Crippen molar-refractivity contribution in [1.82, 2.24) is 4.98 Å². The number of rotatable bonds is 3. The Balaban J connectivity index is 2.45. The van der Waals surface area contributed by atoms with Gasteiger partial charge in [-0.1, -0.05) is 12.1 Å². The predicted octanol–water partition coefficient (Wildman–Crippen LogP) is 3.17. The number of halogens is 1. The van der Waals surface area contributed by atoms with Gasteiger partial charge >= 0.3 is 5.97 Å². The van der Waals surface area contributed by atoms with Gasteiger partial charge in [-0.15, -0.1) is 11.8 Å². The number of benzene rings is 1. The molecule has 82 valence electrons. The second-order valence-electron chi connectivity index (χ2n) is 3.13. The van der Waals surface area contributed by atoms with Gasteiger partial charge in [-0.2, -0.15) is 0 Å². The molecule has 0 amide bonds. The van der Waals surface area contributed by atoms with Crippen molar-refractivity contribution in [3.05, 3.63) is 34.9 Å². The fourth-order valence-electron chi connectivity index (χ4n) is 1.38. The average Bonchev–Trinajstić information content (AvgIpc) is 2.27. The van der Waals surface area contributed by atoms with Gasteiger partial charge in [0.2, 0.25) is 0 Å². The van der Waals surface area contributed by atoms with E-state index in [0.29, 0.717) is 0 Å². The van der Waals surface area contributed by atoms with Crippen LogP contribution < -0.4 is 0 Å². The molecule has 5 heteroatoms. The summed E-state index contributed by atoms with van der Waals surface area (Å²) >= 11 is 4.73. The molecule has 0 radical (unpaired) electrons. The normalized spacial score (nSPS) is 10.6. The van der Waals surface area contributed by atoms with E-state index in [9.17, 15) is 4.79 Å². The number of pyridine rings is 1. The lowest BCUT2D eigenvalue weighted by atomic mass is 10.2. The molecule has 1 aromatic carbocycles. The Morgan fingerprint density at radius 1 is 1.44 bits per heavy atom.